The topological polar surface area (TPSA) is 62.7 Å². The SMILES string of the molecule is CCO[C@H](C(=O)O)c1c(C)cc2nc(N(C)C)sc2c1-c1ccc(Cl)cc1. The minimum absolute atomic E-state index is 0.306. The van der Waals surface area contributed by atoms with Gasteiger partial charge in [-0.1, -0.05) is 35.1 Å². The number of halogens is 1. The van der Waals surface area contributed by atoms with Gasteiger partial charge in [0.25, 0.3) is 0 Å². The molecule has 5 nitrogen and oxygen atoms in total. The number of ether oxygens (including phenoxy) is 1. The Balaban J connectivity index is 2.38. The molecule has 0 amide bonds. The van der Waals surface area contributed by atoms with Crippen molar-refractivity contribution in [3.63, 3.8) is 0 Å². The van der Waals surface area contributed by atoms with E-state index in [1.807, 2.05) is 44.1 Å². The molecule has 1 heterocycles. The molecule has 7 heteroatoms. The minimum Gasteiger partial charge on any atom is -0.479 e. The lowest BCUT2D eigenvalue weighted by Crippen LogP contribution is -2.17. The molecule has 142 valence electrons. The van der Waals surface area contributed by atoms with Crippen LogP contribution in [-0.2, 0) is 9.53 Å². The van der Waals surface area contributed by atoms with Crippen molar-refractivity contribution >= 4 is 44.3 Å². The molecule has 1 N–H and O–H groups in total. The zero-order valence-electron chi connectivity index (χ0n) is 15.6. The third-order valence-corrected chi connectivity index (χ3v) is 5.76. The molecule has 3 aromatic rings. The van der Waals surface area contributed by atoms with Gasteiger partial charge in [-0.15, -0.1) is 0 Å². The molecule has 1 atom stereocenters. The average molecular weight is 405 g/mol. The molecule has 2 aromatic carbocycles. The first-order valence-corrected chi connectivity index (χ1v) is 9.74. The predicted molar refractivity (Wildman–Crippen MR) is 111 cm³/mol. The van der Waals surface area contributed by atoms with E-state index < -0.39 is 12.1 Å². The molecule has 0 unspecified atom stereocenters. The molecule has 0 fully saturated rings. The van der Waals surface area contributed by atoms with Gasteiger partial charge < -0.3 is 14.7 Å². The summed E-state index contributed by atoms with van der Waals surface area (Å²) in [5, 5.41) is 11.3. The Hall–Kier alpha value is -2.15. The molecule has 0 saturated heterocycles. The van der Waals surface area contributed by atoms with Gasteiger partial charge in [-0.2, -0.15) is 0 Å². The van der Waals surface area contributed by atoms with Crippen LogP contribution in [0.1, 0.15) is 24.2 Å². The fraction of sp³-hybridized carbons (Fsp3) is 0.300. The second kappa shape index (κ2) is 7.84. The number of hydrogen-bond acceptors (Lipinski definition) is 5. The number of hydrogen-bond donors (Lipinski definition) is 1. The molecule has 0 aliphatic rings. The number of carbonyl (C=O) groups is 1. The van der Waals surface area contributed by atoms with E-state index in [2.05, 4.69) is 0 Å². The summed E-state index contributed by atoms with van der Waals surface area (Å²) in [5.41, 5.74) is 4.07. The lowest BCUT2D eigenvalue weighted by atomic mass is 9.91. The number of rotatable bonds is 6. The van der Waals surface area contributed by atoms with Gasteiger partial charge >= 0.3 is 5.97 Å². The van der Waals surface area contributed by atoms with Crippen LogP contribution in [0.15, 0.2) is 30.3 Å². The van der Waals surface area contributed by atoms with Crippen LogP contribution in [0.3, 0.4) is 0 Å². The van der Waals surface area contributed by atoms with Crippen molar-refractivity contribution in [1.29, 1.82) is 0 Å². The first-order chi connectivity index (χ1) is 12.8. The average Bonchev–Trinajstić information content (AvgIpc) is 3.03. The summed E-state index contributed by atoms with van der Waals surface area (Å²) in [6.45, 7) is 4.00. The van der Waals surface area contributed by atoms with E-state index in [4.69, 9.17) is 21.3 Å². The highest BCUT2D eigenvalue weighted by Gasteiger charge is 2.28. The summed E-state index contributed by atoms with van der Waals surface area (Å²) < 4.78 is 6.55. The fourth-order valence-electron chi connectivity index (χ4n) is 3.08. The van der Waals surface area contributed by atoms with Crippen LogP contribution in [0.25, 0.3) is 21.3 Å². The standard InChI is InChI=1S/C20H21ClN2O3S/c1-5-26-17(19(24)25)15-11(2)10-14-18(27-20(22-14)23(3)4)16(15)12-6-8-13(21)9-7-12/h6-10,17H,5H2,1-4H3,(H,24,25)/t17-/m0/s1. The maximum absolute atomic E-state index is 12.0. The number of carboxylic acid groups (broad SMARTS) is 1. The monoisotopic (exact) mass is 404 g/mol. The van der Waals surface area contributed by atoms with Crippen LogP contribution >= 0.6 is 22.9 Å². The van der Waals surface area contributed by atoms with Crippen LogP contribution in [-0.4, -0.2) is 36.8 Å². The summed E-state index contributed by atoms with van der Waals surface area (Å²) in [6, 6.07) is 9.35. The number of anilines is 1. The second-order valence-electron chi connectivity index (χ2n) is 6.40. The molecular weight excluding hydrogens is 384 g/mol. The Bertz CT molecular complexity index is 983. The van der Waals surface area contributed by atoms with Crippen LogP contribution in [0.5, 0.6) is 0 Å². The van der Waals surface area contributed by atoms with Gasteiger partial charge in [0.05, 0.1) is 10.2 Å². The van der Waals surface area contributed by atoms with Gasteiger partial charge in [-0.05, 0) is 43.2 Å². The number of aliphatic carboxylic acids is 1. The Morgan fingerprint density at radius 2 is 2.00 bits per heavy atom. The Labute approximate surface area is 167 Å². The highest BCUT2D eigenvalue weighted by Crippen LogP contribution is 2.43. The molecule has 0 bridgehead atoms. The number of nitrogens with zero attached hydrogens (tertiary/aromatic N) is 2. The van der Waals surface area contributed by atoms with Crippen molar-refractivity contribution in [2.24, 2.45) is 0 Å². The highest BCUT2D eigenvalue weighted by molar-refractivity contribution is 7.22. The summed E-state index contributed by atoms with van der Waals surface area (Å²) in [5.74, 6) is -1.01. The van der Waals surface area contributed by atoms with Gasteiger partial charge in [0.15, 0.2) is 11.2 Å². The number of fused-ring (bicyclic) bond motifs is 1. The number of thiazole rings is 1. The maximum atomic E-state index is 12.0. The van der Waals surface area contributed by atoms with Crippen LogP contribution in [0.4, 0.5) is 5.13 Å². The van der Waals surface area contributed by atoms with Gasteiger partial charge in [-0.3, -0.25) is 0 Å². The van der Waals surface area contributed by atoms with E-state index in [0.717, 1.165) is 32.0 Å². The third-order valence-electron chi connectivity index (χ3n) is 4.25. The van der Waals surface area contributed by atoms with E-state index >= 15 is 0 Å². The molecule has 0 spiro atoms. The smallest absolute Gasteiger partial charge is 0.337 e. The molecule has 0 aliphatic carbocycles. The molecular formula is C20H21ClN2O3S. The van der Waals surface area contributed by atoms with E-state index in [-0.39, 0.29) is 0 Å². The highest BCUT2D eigenvalue weighted by atomic mass is 35.5. The predicted octanol–water partition coefficient (Wildman–Crippen LogP) is 5.15. The molecule has 3 rings (SSSR count). The van der Waals surface area contributed by atoms with Crippen molar-refractivity contribution in [2.45, 2.75) is 20.0 Å². The Morgan fingerprint density at radius 3 is 2.56 bits per heavy atom. The van der Waals surface area contributed by atoms with Crippen molar-refractivity contribution in [1.82, 2.24) is 4.98 Å². The molecule has 1 aromatic heterocycles. The van der Waals surface area contributed by atoms with Crippen LogP contribution < -0.4 is 4.90 Å². The number of aryl methyl sites for hydroxylation is 1. The quantitative estimate of drug-likeness (QED) is 0.615. The van der Waals surface area contributed by atoms with Crippen molar-refractivity contribution in [3.05, 3.63) is 46.5 Å². The van der Waals surface area contributed by atoms with Crippen molar-refractivity contribution < 1.29 is 14.6 Å². The van der Waals surface area contributed by atoms with Crippen LogP contribution in [0, 0.1) is 6.92 Å². The zero-order valence-corrected chi connectivity index (χ0v) is 17.2. The van der Waals surface area contributed by atoms with E-state index in [0.29, 0.717) is 17.2 Å². The summed E-state index contributed by atoms with van der Waals surface area (Å²) in [4.78, 5) is 18.6. The largest absolute Gasteiger partial charge is 0.479 e. The molecule has 0 aliphatic heterocycles. The summed E-state index contributed by atoms with van der Waals surface area (Å²) in [7, 11) is 3.88. The second-order valence-corrected chi connectivity index (χ2v) is 7.82. The van der Waals surface area contributed by atoms with Gasteiger partial charge in [0.2, 0.25) is 0 Å². The van der Waals surface area contributed by atoms with Gasteiger partial charge in [0, 0.05) is 36.9 Å². The normalized spacial score (nSPS) is 12.3. The van der Waals surface area contributed by atoms with Gasteiger partial charge in [0.1, 0.15) is 0 Å². The van der Waals surface area contributed by atoms with Crippen molar-refractivity contribution in [3.8, 4) is 11.1 Å². The first kappa shape index (κ1) is 19.6. The lowest BCUT2D eigenvalue weighted by molar-refractivity contribution is -0.150. The molecule has 0 saturated carbocycles. The summed E-state index contributed by atoms with van der Waals surface area (Å²) in [6.07, 6.45) is -1.05. The van der Waals surface area contributed by atoms with Gasteiger partial charge in [-0.25, -0.2) is 9.78 Å². The number of carboxylic acids is 1. The number of aromatic nitrogens is 1. The Morgan fingerprint density at radius 1 is 1.33 bits per heavy atom. The van der Waals surface area contributed by atoms with E-state index in [1.54, 1.807) is 19.1 Å². The lowest BCUT2D eigenvalue weighted by Gasteiger charge is -2.20. The summed E-state index contributed by atoms with van der Waals surface area (Å²) >= 11 is 7.60. The molecule has 27 heavy (non-hydrogen) atoms. The van der Waals surface area contributed by atoms with Crippen LogP contribution in [0.2, 0.25) is 5.02 Å². The van der Waals surface area contributed by atoms with Crippen molar-refractivity contribution in [2.75, 3.05) is 25.6 Å². The first-order valence-electron chi connectivity index (χ1n) is 8.55. The Kier molecular flexibility index (Phi) is 5.69. The zero-order chi connectivity index (χ0) is 19.7. The fourth-order valence-corrected chi connectivity index (χ4v) is 4.25. The van der Waals surface area contributed by atoms with E-state index in [9.17, 15) is 9.90 Å². The third kappa shape index (κ3) is 3.78. The van der Waals surface area contributed by atoms with E-state index in [1.165, 1.54) is 11.3 Å². The minimum atomic E-state index is -1.05. The number of benzene rings is 2. The molecule has 0 radical (unpaired) electrons. The maximum Gasteiger partial charge on any atom is 0.337 e.